The molecular formula is C14H19N3O. The number of rotatable bonds is 3. The molecule has 1 aliphatic rings. The highest BCUT2D eigenvalue weighted by atomic mass is 16.3. The van der Waals surface area contributed by atoms with Crippen LogP contribution >= 0.6 is 0 Å². The van der Waals surface area contributed by atoms with E-state index in [4.69, 9.17) is 0 Å². The Morgan fingerprint density at radius 1 is 1.50 bits per heavy atom. The van der Waals surface area contributed by atoms with Gasteiger partial charge in [0.2, 0.25) is 0 Å². The van der Waals surface area contributed by atoms with Crippen molar-refractivity contribution in [3.63, 3.8) is 0 Å². The summed E-state index contributed by atoms with van der Waals surface area (Å²) in [5.41, 5.74) is 0.800. The van der Waals surface area contributed by atoms with Crippen LogP contribution in [-0.2, 0) is 6.42 Å². The molecule has 0 bridgehead atoms. The van der Waals surface area contributed by atoms with E-state index in [0.29, 0.717) is 11.8 Å². The van der Waals surface area contributed by atoms with Gasteiger partial charge in [-0.2, -0.15) is 0 Å². The lowest BCUT2D eigenvalue weighted by atomic mass is 10.1. The third-order valence-corrected chi connectivity index (χ3v) is 3.95. The van der Waals surface area contributed by atoms with E-state index in [0.717, 1.165) is 24.3 Å². The average molecular weight is 245 g/mol. The molecule has 0 saturated carbocycles. The van der Waals surface area contributed by atoms with Crippen molar-refractivity contribution in [2.24, 2.45) is 0 Å². The van der Waals surface area contributed by atoms with Crippen molar-refractivity contribution in [2.75, 3.05) is 13.1 Å². The van der Waals surface area contributed by atoms with Gasteiger partial charge in [0.1, 0.15) is 17.1 Å². The molecule has 18 heavy (non-hydrogen) atoms. The van der Waals surface area contributed by atoms with E-state index < -0.39 is 0 Å². The van der Waals surface area contributed by atoms with Crippen molar-refractivity contribution in [1.82, 2.24) is 14.3 Å². The molecule has 0 aliphatic carbocycles. The molecule has 1 atom stereocenters. The van der Waals surface area contributed by atoms with Crippen molar-refractivity contribution in [2.45, 2.75) is 32.2 Å². The first-order chi connectivity index (χ1) is 8.79. The van der Waals surface area contributed by atoms with Gasteiger partial charge < -0.3 is 14.4 Å². The standard InChI is InChI=1S/C14H19N3O/c1-2-16-7-3-5-11(16)9-14-15-10-12-13(18)6-4-8-17(12)14/h4,6,8,10-11,18H,2-3,5,7,9H2,1H3. The molecular weight excluding hydrogens is 226 g/mol. The first kappa shape index (κ1) is 11.5. The van der Waals surface area contributed by atoms with Crippen LogP contribution in [0.2, 0.25) is 0 Å². The molecule has 0 amide bonds. The summed E-state index contributed by atoms with van der Waals surface area (Å²) >= 11 is 0. The fraction of sp³-hybridized carbons (Fsp3) is 0.500. The van der Waals surface area contributed by atoms with Crippen LogP contribution in [0, 0.1) is 0 Å². The molecule has 4 nitrogen and oxygen atoms in total. The van der Waals surface area contributed by atoms with Crippen molar-refractivity contribution in [3.8, 4) is 5.75 Å². The number of hydrogen-bond acceptors (Lipinski definition) is 3. The van der Waals surface area contributed by atoms with Gasteiger partial charge in [-0.25, -0.2) is 4.98 Å². The topological polar surface area (TPSA) is 40.8 Å². The first-order valence-corrected chi connectivity index (χ1v) is 6.67. The summed E-state index contributed by atoms with van der Waals surface area (Å²) in [6.07, 6.45) is 7.23. The summed E-state index contributed by atoms with van der Waals surface area (Å²) in [5, 5.41) is 9.77. The Bertz CT molecular complexity index is 549. The third-order valence-electron chi connectivity index (χ3n) is 3.95. The van der Waals surface area contributed by atoms with E-state index in [-0.39, 0.29) is 0 Å². The first-order valence-electron chi connectivity index (χ1n) is 6.67. The molecule has 0 spiro atoms. The summed E-state index contributed by atoms with van der Waals surface area (Å²) in [7, 11) is 0. The molecule has 2 aromatic heterocycles. The quantitative estimate of drug-likeness (QED) is 0.900. The molecule has 4 heteroatoms. The van der Waals surface area contributed by atoms with Crippen molar-refractivity contribution in [1.29, 1.82) is 0 Å². The monoisotopic (exact) mass is 245 g/mol. The maximum absolute atomic E-state index is 9.77. The van der Waals surface area contributed by atoms with Gasteiger partial charge in [0, 0.05) is 18.7 Å². The molecule has 0 aromatic carbocycles. The van der Waals surface area contributed by atoms with Crippen LogP contribution in [0.5, 0.6) is 5.75 Å². The number of imidazole rings is 1. The number of nitrogens with zero attached hydrogens (tertiary/aromatic N) is 3. The Balaban J connectivity index is 1.89. The molecule has 2 aromatic rings. The predicted octanol–water partition coefficient (Wildman–Crippen LogP) is 2.07. The SMILES string of the molecule is CCN1CCCC1Cc1ncc2c(O)cccn12. The summed E-state index contributed by atoms with van der Waals surface area (Å²) < 4.78 is 2.00. The number of hydrogen-bond donors (Lipinski definition) is 1. The van der Waals surface area contributed by atoms with E-state index in [1.165, 1.54) is 19.4 Å². The van der Waals surface area contributed by atoms with Crippen molar-refractivity contribution in [3.05, 3.63) is 30.4 Å². The summed E-state index contributed by atoms with van der Waals surface area (Å²) in [6.45, 7) is 4.53. The predicted molar refractivity (Wildman–Crippen MR) is 70.8 cm³/mol. The van der Waals surface area contributed by atoms with Crippen LogP contribution in [0.1, 0.15) is 25.6 Å². The van der Waals surface area contributed by atoms with Crippen molar-refractivity contribution >= 4 is 5.52 Å². The van der Waals surface area contributed by atoms with Gasteiger partial charge >= 0.3 is 0 Å². The average Bonchev–Trinajstić information content (AvgIpc) is 2.98. The molecule has 1 unspecified atom stereocenters. The second-order valence-corrected chi connectivity index (χ2v) is 4.95. The Labute approximate surface area is 107 Å². The highest BCUT2D eigenvalue weighted by molar-refractivity contribution is 5.58. The van der Waals surface area contributed by atoms with E-state index in [9.17, 15) is 5.11 Å². The number of likely N-dealkylation sites (N-methyl/N-ethyl adjacent to an activating group) is 1. The van der Waals surface area contributed by atoms with E-state index in [1.807, 2.05) is 16.7 Å². The lowest BCUT2D eigenvalue weighted by molar-refractivity contribution is 0.263. The number of aromatic hydroxyl groups is 1. The number of likely N-dealkylation sites (tertiary alicyclic amines) is 1. The van der Waals surface area contributed by atoms with E-state index in [2.05, 4.69) is 16.8 Å². The molecule has 1 aliphatic heterocycles. The molecule has 3 rings (SSSR count). The minimum absolute atomic E-state index is 0.301. The smallest absolute Gasteiger partial charge is 0.141 e. The Morgan fingerprint density at radius 2 is 2.39 bits per heavy atom. The summed E-state index contributed by atoms with van der Waals surface area (Å²) in [4.78, 5) is 6.98. The van der Waals surface area contributed by atoms with Gasteiger partial charge in [-0.05, 0) is 38.1 Å². The summed E-state index contributed by atoms with van der Waals surface area (Å²) in [6, 6.07) is 4.16. The van der Waals surface area contributed by atoms with E-state index >= 15 is 0 Å². The highest BCUT2D eigenvalue weighted by Gasteiger charge is 2.24. The lowest BCUT2D eigenvalue weighted by Crippen LogP contribution is -2.31. The van der Waals surface area contributed by atoms with Crippen LogP contribution < -0.4 is 0 Å². The number of fused-ring (bicyclic) bond motifs is 1. The molecule has 3 heterocycles. The molecule has 0 radical (unpaired) electrons. The third kappa shape index (κ3) is 1.86. The zero-order valence-electron chi connectivity index (χ0n) is 10.7. The minimum atomic E-state index is 0.301. The van der Waals surface area contributed by atoms with Crippen LogP contribution in [0.3, 0.4) is 0 Å². The van der Waals surface area contributed by atoms with Crippen LogP contribution in [0.15, 0.2) is 24.5 Å². The van der Waals surface area contributed by atoms with Crippen LogP contribution in [0.25, 0.3) is 5.52 Å². The second-order valence-electron chi connectivity index (χ2n) is 4.95. The van der Waals surface area contributed by atoms with Gasteiger partial charge in [-0.1, -0.05) is 6.92 Å². The van der Waals surface area contributed by atoms with Gasteiger partial charge in [-0.3, -0.25) is 0 Å². The minimum Gasteiger partial charge on any atom is -0.506 e. The van der Waals surface area contributed by atoms with Crippen molar-refractivity contribution < 1.29 is 5.11 Å². The van der Waals surface area contributed by atoms with Gasteiger partial charge in [0.25, 0.3) is 0 Å². The fourth-order valence-corrected chi connectivity index (χ4v) is 2.97. The maximum atomic E-state index is 9.77. The summed E-state index contributed by atoms with van der Waals surface area (Å²) in [5.74, 6) is 1.35. The Kier molecular flexibility index (Phi) is 2.96. The highest BCUT2D eigenvalue weighted by Crippen LogP contribution is 2.23. The number of aromatic nitrogens is 2. The van der Waals surface area contributed by atoms with Gasteiger partial charge in [-0.15, -0.1) is 0 Å². The molecule has 1 N–H and O–H groups in total. The van der Waals surface area contributed by atoms with Crippen LogP contribution in [-0.4, -0.2) is 38.5 Å². The van der Waals surface area contributed by atoms with E-state index in [1.54, 1.807) is 12.3 Å². The Morgan fingerprint density at radius 3 is 3.22 bits per heavy atom. The normalized spacial score (nSPS) is 20.8. The zero-order chi connectivity index (χ0) is 12.5. The Hall–Kier alpha value is -1.55. The van der Waals surface area contributed by atoms with Gasteiger partial charge in [0.05, 0.1) is 6.20 Å². The molecule has 1 saturated heterocycles. The lowest BCUT2D eigenvalue weighted by Gasteiger charge is -2.22. The maximum Gasteiger partial charge on any atom is 0.141 e. The molecule has 1 fully saturated rings. The fourth-order valence-electron chi connectivity index (χ4n) is 2.97. The van der Waals surface area contributed by atoms with Crippen LogP contribution in [0.4, 0.5) is 0 Å². The zero-order valence-corrected chi connectivity index (χ0v) is 10.7. The second kappa shape index (κ2) is 4.61. The van der Waals surface area contributed by atoms with Gasteiger partial charge in [0.15, 0.2) is 0 Å². The molecule has 96 valence electrons. The number of pyridine rings is 1. The largest absolute Gasteiger partial charge is 0.506 e.